The first kappa shape index (κ1) is 18.9. The number of carboxylic acid groups (broad SMARTS) is 1. The molecule has 5 nitrogen and oxygen atoms in total. The van der Waals surface area contributed by atoms with E-state index in [9.17, 15) is 23.5 Å². The average Bonchev–Trinajstić information content (AvgIpc) is 2.93. The van der Waals surface area contributed by atoms with Crippen molar-refractivity contribution >= 4 is 33.4 Å². The SMILES string of the molecule is CCC(C(=O)O)n1c(=NC(=O)c2ccc(C)cc2)sc2cc(F)cc(F)c21. The van der Waals surface area contributed by atoms with Crippen molar-refractivity contribution in [1.29, 1.82) is 0 Å². The van der Waals surface area contributed by atoms with Gasteiger partial charge in [0, 0.05) is 11.6 Å². The number of carboxylic acids is 1. The average molecular weight is 390 g/mol. The van der Waals surface area contributed by atoms with E-state index in [4.69, 9.17) is 0 Å². The summed E-state index contributed by atoms with van der Waals surface area (Å²) in [6.07, 6.45) is 0.143. The lowest BCUT2D eigenvalue weighted by molar-refractivity contribution is -0.140. The number of hydrogen-bond acceptors (Lipinski definition) is 3. The Bertz CT molecular complexity index is 1100. The van der Waals surface area contributed by atoms with Gasteiger partial charge >= 0.3 is 5.97 Å². The van der Waals surface area contributed by atoms with E-state index in [1.165, 1.54) is 0 Å². The lowest BCUT2D eigenvalue weighted by Gasteiger charge is -2.13. The topological polar surface area (TPSA) is 71.7 Å². The van der Waals surface area contributed by atoms with E-state index < -0.39 is 29.6 Å². The van der Waals surface area contributed by atoms with E-state index in [0.717, 1.165) is 27.5 Å². The van der Waals surface area contributed by atoms with Gasteiger partial charge in [-0.2, -0.15) is 4.99 Å². The van der Waals surface area contributed by atoms with Gasteiger partial charge in [0.1, 0.15) is 11.9 Å². The summed E-state index contributed by atoms with van der Waals surface area (Å²) in [7, 11) is 0. The predicted molar refractivity (Wildman–Crippen MR) is 97.8 cm³/mol. The third-order valence-electron chi connectivity index (χ3n) is 4.12. The fourth-order valence-electron chi connectivity index (χ4n) is 2.78. The first-order valence-corrected chi connectivity index (χ1v) is 9.02. The molecule has 3 rings (SSSR count). The molecule has 0 aliphatic heterocycles. The fourth-order valence-corrected chi connectivity index (χ4v) is 3.88. The van der Waals surface area contributed by atoms with Gasteiger partial charge in [-0.3, -0.25) is 9.36 Å². The Kier molecular flexibility index (Phi) is 5.18. The van der Waals surface area contributed by atoms with Crippen LogP contribution in [0.3, 0.4) is 0 Å². The minimum atomic E-state index is -1.19. The number of thiazole rings is 1. The van der Waals surface area contributed by atoms with Crippen molar-refractivity contribution < 1.29 is 23.5 Å². The van der Waals surface area contributed by atoms with Crippen LogP contribution in [0.1, 0.15) is 35.3 Å². The maximum atomic E-state index is 14.4. The highest BCUT2D eigenvalue weighted by atomic mass is 32.1. The zero-order valence-electron chi connectivity index (χ0n) is 14.6. The number of hydrogen-bond donors (Lipinski definition) is 1. The highest BCUT2D eigenvalue weighted by Gasteiger charge is 2.24. The lowest BCUT2D eigenvalue weighted by Crippen LogP contribution is -2.27. The summed E-state index contributed by atoms with van der Waals surface area (Å²) in [4.78, 5) is 28.2. The number of aliphatic carboxylic acids is 1. The van der Waals surface area contributed by atoms with E-state index >= 15 is 0 Å². The number of aromatic nitrogens is 1. The van der Waals surface area contributed by atoms with Crippen LogP contribution >= 0.6 is 11.3 Å². The molecule has 1 N–H and O–H groups in total. The first-order valence-electron chi connectivity index (χ1n) is 8.20. The van der Waals surface area contributed by atoms with Crippen LogP contribution in [-0.4, -0.2) is 21.6 Å². The smallest absolute Gasteiger partial charge is 0.326 e. The van der Waals surface area contributed by atoms with Crippen LogP contribution in [0.15, 0.2) is 41.4 Å². The van der Waals surface area contributed by atoms with Gasteiger partial charge < -0.3 is 5.11 Å². The monoisotopic (exact) mass is 390 g/mol. The Morgan fingerprint density at radius 3 is 2.48 bits per heavy atom. The first-order chi connectivity index (χ1) is 12.8. The molecule has 27 heavy (non-hydrogen) atoms. The van der Waals surface area contributed by atoms with E-state index in [1.807, 2.05) is 6.92 Å². The van der Waals surface area contributed by atoms with Crippen molar-refractivity contribution in [2.24, 2.45) is 4.99 Å². The van der Waals surface area contributed by atoms with Crippen LogP contribution < -0.4 is 4.80 Å². The molecule has 140 valence electrons. The zero-order valence-corrected chi connectivity index (χ0v) is 15.4. The summed E-state index contributed by atoms with van der Waals surface area (Å²) in [5.41, 5.74) is 1.21. The molecule has 0 saturated carbocycles. The predicted octanol–water partition coefficient (Wildman–Crippen LogP) is 4.07. The van der Waals surface area contributed by atoms with Crippen molar-refractivity contribution in [1.82, 2.24) is 4.57 Å². The number of nitrogens with zero attached hydrogens (tertiary/aromatic N) is 2. The summed E-state index contributed by atoms with van der Waals surface area (Å²) in [6, 6.07) is 7.37. The van der Waals surface area contributed by atoms with Crippen LogP contribution in [0.4, 0.5) is 8.78 Å². The molecule has 0 saturated heterocycles. The van der Waals surface area contributed by atoms with E-state index in [-0.39, 0.29) is 21.4 Å². The minimum absolute atomic E-state index is 0.00863. The largest absolute Gasteiger partial charge is 0.480 e. The number of benzene rings is 2. The van der Waals surface area contributed by atoms with Gasteiger partial charge in [0.25, 0.3) is 5.91 Å². The molecular weight excluding hydrogens is 374 g/mol. The highest BCUT2D eigenvalue weighted by molar-refractivity contribution is 7.16. The number of fused-ring (bicyclic) bond motifs is 1. The third kappa shape index (κ3) is 3.66. The molecule has 1 atom stereocenters. The minimum Gasteiger partial charge on any atom is -0.480 e. The van der Waals surface area contributed by atoms with Gasteiger partial charge in [0.15, 0.2) is 10.6 Å². The highest BCUT2D eigenvalue weighted by Crippen LogP contribution is 2.26. The maximum absolute atomic E-state index is 14.4. The molecule has 3 aromatic rings. The van der Waals surface area contributed by atoms with E-state index in [0.29, 0.717) is 11.6 Å². The molecular formula is C19H16F2N2O3S. The third-order valence-corrected chi connectivity index (χ3v) is 5.12. The van der Waals surface area contributed by atoms with Gasteiger partial charge in [-0.25, -0.2) is 13.6 Å². The molecule has 1 amide bonds. The van der Waals surface area contributed by atoms with Gasteiger partial charge in [-0.1, -0.05) is 36.0 Å². The fraction of sp³-hybridized carbons (Fsp3) is 0.211. The van der Waals surface area contributed by atoms with Crippen molar-refractivity contribution in [3.05, 3.63) is 64.0 Å². The molecule has 1 aromatic heterocycles. The van der Waals surface area contributed by atoms with E-state index in [2.05, 4.69) is 4.99 Å². The molecule has 0 bridgehead atoms. The van der Waals surface area contributed by atoms with Crippen LogP contribution in [0, 0.1) is 18.6 Å². The normalized spacial score (nSPS) is 13.1. The number of carbonyl (C=O) groups excluding carboxylic acids is 1. The second-order valence-corrected chi connectivity index (χ2v) is 7.04. The second kappa shape index (κ2) is 7.40. The summed E-state index contributed by atoms with van der Waals surface area (Å²) in [5, 5.41) is 9.52. The number of rotatable bonds is 4. The molecule has 1 heterocycles. The molecule has 8 heteroatoms. The Hall–Kier alpha value is -2.87. The van der Waals surface area contributed by atoms with Gasteiger partial charge in [-0.05, 0) is 31.5 Å². The lowest BCUT2D eigenvalue weighted by atomic mass is 10.1. The maximum Gasteiger partial charge on any atom is 0.326 e. The quantitative estimate of drug-likeness (QED) is 0.730. The summed E-state index contributed by atoms with van der Waals surface area (Å²) in [6.45, 7) is 3.50. The van der Waals surface area contributed by atoms with Crippen molar-refractivity contribution in [2.45, 2.75) is 26.3 Å². The summed E-state index contributed by atoms with van der Waals surface area (Å²) in [5.74, 6) is -3.46. The number of aryl methyl sites for hydroxylation is 1. The molecule has 2 aromatic carbocycles. The van der Waals surface area contributed by atoms with Crippen molar-refractivity contribution in [3.63, 3.8) is 0 Å². The Balaban J connectivity index is 2.28. The second-order valence-electron chi connectivity index (χ2n) is 6.03. The van der Waals surface area contributed by atoms with Crippen LogP contribution in [0.5, 0.6) is 0 Å². The summed E-state index contributed by atoms with van der Waals surface area (Å²) >= 11 is 0.872. The molecule has 0 aliphatic rings. The zero-order chi connectivity index (χ0) is 19.7. The molecule has 1 unspecified atom stereocenters. The number of carbonyl (C=O) groups is 2. The van der Waals surface area contributed by atoms with Crippen molar-refractivity contribution in [2.75, 3.05) is 0 Å². The van der Waals surface area contributed by atoms with Gasteiger partial charge in [0.05, 0.1) is 10.2 Å². The van der Waals surface area contributed by atoms with Gasteiger partial charge in [0.2, 0.25) is 0 Å². The summed E-state index contributed by atoms with van der Waals surface area (Å²) < 4.78 is 29.3. The molecule has 0 fully saturated rings. The van der Waals surface area contributed by atoms with E-state index in [1.54, 1.807) is 31.2 Å². The molecule has 0 radical (unpaired) electrons. The Morgan fingerprint density at radius 1 is 1.22 bits per heavy atom. The van der Waals surface area contributed by atoms with Crippen LogP contribution in [0.25, 0.3) is 10.2 Å². The van der Waals surface area contributed by atoms with Crippen LogP contribution in [-0.2, 0) is 4.79 Å². The van der Waals surface area contributed by atoms with Gasteiger partial charge in [-0.15, -0.1) is 0 Å². The number of halogens is 2. The van der Waals surface area contributed by atoms with Crippen LogP contribution in [0.2, 0.25) is 0 Å². The molecule has 0 aliphatic carbocycles. The van der Waals surface area contributed by atoms with Crippen molar-refractivity contribution in [3.8, 4) is 0 Å². The standard InChI is InChI=1S/C19H16F2N2O3S/c1-3-14(18(25)26)23-16-13(21)8-12(20)9-15(16)27-19(23)22-17(24)11-6-4-10(2)5-7-11/h4-9,14H,3H2,1-2H3,(H,25,26). The Labute approximate surface area is 157 Å². The number of amides is 1. The molecule has 0 spiro atoms. The Morgan fingerprint density at radius 2 is 1.89 bits per heavy atom.